The zero-order valence-corrected chi connectivity index (χ0v) is 10.9. The second-order valence-corrected chi connectivity index (χ2v) is 4.90. The van der Waals surface area contributed by atoms with Crippen LogP contribution in [0.15, 0.2) is 24.3 Å². The summed E-state index contributed by atoms with van der Waals surface area (Å²) in [7, 11) is 0. The fourth-order valence-electron chi connectivity index (χ4n) is 2.25. The van der Waals surface area contributed by atoms with E-state index in [1.165, 1.54) is 0 Å². The third-order valence-corrected chi connectivity index (χ3v) is 3.14. The van der Waals surface area contributed by atoms with Gasteiger partial charge < -0.3 is 10.4 Å². The summed E-state index contributed by atoms with van der Waals surface area (Å²) < 4.78 is 0. The highest BCUT2D eigenvalue weighted by molar-refractivity contribution is 5.92. The molecule has 1 heterocycles. The molecule has 20 heavy (non-hydrogen) atoms. The molecule has 1 amide bonds. The summed E-state index contributed by atoms with van der Waals surface area (Å²) >= 11 is 0. The minimum atomic E-state index is -0.799. The van der Waals surface area contributed by atoms with Crippen LogP contribution in [0, 0.1) is 17.2 Å². The van der Waals surface area contributed by atoms with Crippen LogP contribution >= 0.6 is 0 Å². The van der Waals surface area contributed by atoms with E-state index in [4.69, 9.17) is 10.4 Å². The van der Waals surface area contributed by atoms with Gasteiger partial charge in [0, 0.05) is 18.8 Å². The number of nitrogens with zero attached hydrogens (tertiary/aromatic N) is 2. The van der Waals surface area contributed by atoms with E-state index >= 15 is 0 Å². The summed E-state index contributed by atoms with van der Waals surface area (Å²) in [4.78, 5) is 24.2. The number of nitrogens with one attached hydrogen (secondary N) is 1. The zero-order chi connectivity index (χ0) is 14.5. The largest absolute Gasteiger partial charge is 0.481 e. The number of anilines is 1. The topological polar surface area (TPSA) is 93.4 Å². The van der Waals surface area contributed by atoms with Crippen molar-refractivity contribution in [1.29, 1.82) is 5.26 Å². The van der Waals surface area contributed by atoms with Crippen molar-refractivity contribution in [1.82, 2.24) is 4.90 Å². The first-order valence-electron chi connectivity index (χ1n) is 6.31. The molecule has 2 N–H and O–H groups in total. The number of carbonyl (C=O) groups is 2. The van der Waals surface area contributed by atoms with Gasteiger partial charge in [0.25, 0.3) is 0 Å². The molecule has 0 unspecified atom stereocenters. The van der Waals surface area contributed by atoms with Crippen molar-refractivity contribution in [2.24, 2.45) is 5.92 Å². The summed E-state index contributed by atoms with van der Waals surface area (Å²) in [5.74, 6) is -0.816. The summed E-state index contributed by atoms with van der Waals surface area (Å²) in [5.41, 5.74) is 1.09. The van der Waals surface area contributed by atoms with Gasteiger partial charge >= 0.3 is 5.97 Å². The lowest BCUT2D eigenvalue weighted by molar-refractivity contribution is -0.139. The van der Waals surface area contributed by atoms with E-state index in [1.807, 2.05) is 11.0 Å². The van der Waals surface area contributed by atoms with Crippen LogP contribution in [0.5, 0.6) is 0 Å². The summed E-state index contributed by atoms with van der Waals surface area (Å²) in [5, 5.41) is 20.1. The summed E-state index contributed by atoms with van der Waals surface area (Å²) in [6, 6.07) is 8.72. The number of aliphatic carboxylic acids is 1. The van der Waals surface area contributed by atoms with Crippen LogP contribution in [0.1, 0.15) is 12.0 Å². The van der Waals surface area contributed by atoms with Crippen molar-refractivity contribution in [3.05, 3.63) is 29.8 Å². The second-order valence-electron chi connectivity index (χ2n) is 4.90. The maximum Gasteiger partial charge on any atom is 0.303 e. The summed E-state index contributed by atoms with van der Waals surface area (Å²) in [6.07, 6.45) is 0.155. The molecular weight excluding hydrogens is 258 g/mol. The Labute approximate surface area is 116 Å². The molecule has 1 saturated heterocycles. The third kappa shape index (κ3) is 3.80. The lowest BCUT2D eigenvalue weighted by Crippen LogP contribution is -2.50. The quantitative estimate of drug-likeness (QED) is 0.831. The van der Waals surface area contributed by atoms with Crippen molar-refractivity contribution in [3.63, 3.8) is 0 Å². The van der Waals surface area contributed by atoms with Gasteiger partial charge in [-0.2, -0.15) is 5.26 Å². The second kappa shape index (κ2) is 6.17. The van der Waals surface area contributed by atoms with E-state index in [0.717, 1.165) is 0 Å². The van der Waals surface area contributed by atoms with E-state index in [-0.39, 0.29) is 24.8 Å². The van der Waals surface area contributed by atoms with Crippen LogP contribution in [0.25, 0.3) is 0 Å². The molecule has 6 nitrogen and oxygen atoms in total. The molecule has 0 aliphatic carbocycles. The zero-order valence-electron chi connectivity index (χ0n) is 10.9. The molecule has 0 aromatic heterocycles. The average Bonchev–Trinajstić information content (AvgIpc) is 2.36. The highest BCUT2D eigenvalue weighted by atomic mass is 16.4. The molecular formula is C14H15N3O3. The van der Waals surface area contributed by atoms with Crippen LogP contribution in [0.4, 0.5) is 5.69 Å². The number of amides is 1. The number of benzene rings is 1. The van der Waals surface area contributed by atoms with Gasteiger partial charge in [0.15, 0.2) is 0 Å². The number of carboxylic acid groups (broad SMARTS) is 1. The fourth-order valence-corrected chi connectivity index (χ4v) is 2.25. The standard InChI is InChI=1S/C14H15N3O3/c15-6-10-2-1-3-12(4-10)16-13(18)9-17-7-11(8-17)5-14(19)20/h1-4,11H,5,7-9H2,(H,16,18)(H,19,20). The van der Waals surface area contributed by atoms with Gasteiger partial charge in [-0.05, 0) is 24.1 Å². The number of nitriles is 1. The number of rotatable bonds is 5. The lowest BCUT2D eigenvalue weighted by Gasteiger charge is -2.37. The Balaban J connectivity index is 1.77. The maximum atomic E-state index is 11.8. The molecule has 1 aromatic rings. The van der Waals surface area contributed by atoms with Crippen molar-refractivity contribution in [2.45, 2.75) is 6.42 Å². The normalized spacial score (nSPS) is 15.2. The molecule has 0 bridgehead atoms. The first-order valence-corrected chi connectivity index (χ1v) is 6.31. The number of carbonyl (C=O) groups excluding carboxylic acids is 1. The van der Waals surface area contributed by atoms with Crippen LogP contribution in [0.2, 0.25) is 0 Å². The van der Waals surface area contributed by atoms with Gasteiger partial charge in [0.1, 0.15) is 0 Å². The Morgan fingerprint density at radius 2 is 2.20 bits per heavy atom. The van der Waals surface area contributed by atoms with Crippen molar-refractivity contribution in [3.8, 4) is 6.07 Å². The first-order chi connectivity index (χ1) is 9.56. The smallest absolute Gasteiger partial charge is 0.303 e. The van der Waals surface area contributed by atoms with E-state index in [1.54, 1.807) is 24.3 Å². The molecule has 6 heteroatoms. The van der Waals surface area contributed by atoms with Gasteiger partial charge in [0.2, 0.25) is 5.91 Å². The first kappa shape index (κ1) is 14.0. The fraction of sp³-hybridized carbons (Fsp3) is 0.357. The minimum Gasteiger partial charge on any atom is -0.481 e. The van der Waals surface area contributed by atoms with Gasteiger partial charge in [-0.3, -0.25) is 14.5 Å². The average molecular weight is 273 g/mol. The highest BCUT2D eigenvalue weighted by Gasteiger charge is 2.29. The van der Waals surface area contributed by atoms with Crippen molar-refractivity contribution >= 4 is 17.6 Å². The Morgan fingerprint density at radius 1 is 1.45 bits per heavy atom. The van der Waals surface area contributed by atoms with Gasteiger partial charge in [0.05, 0.1) is 24.6 Å². The van der Waals surface area contributed by atoms with Crippen LogP contribution < -0.4 is 5.32 Å². The summed E-state index contributed by atoms with van der Waals surface area (Å²) in [6.45, 7) is 1.52. The van der Waals surface area contributed by atoms with Crippen molar-refractivity contribution < 1.29 is 14.7 Å². The van der Waals surface area contributed by atoms with Gasteiger partial charge in [-0.1, -0.05) is 6.07 Å². The predicted molar refractivity (Wildman–Crippen MR) is 72.0 cm³/mol. The molecule has 1 aliphatic heterocycles. The Bertz CT molecular complexity index is 559. The van der Waals surface area contributed by atoms with Gasteiger partial charge in [-0.25, -0.2) is 0 Å². The molecule has 0 radical (unpaired) electrons. The van der Waals surface area contributed by atoms with E-state index in [9.17, 15) is 9.59 Å². The monoisotopic (exact) mass is 273 g/mol. The Hall–Kier alpha value is -2.39. The molecule has 1 aliphatic rings. The Morgan fingerprint density at radius 3 is 2.85 bits per heavy atom. The predicted octanol–water partition coefficient (Wildman–Crippen LogP) is 0.903. The maximum absolute atomic E-state index is 11.8. The molecule has 2 rings (SSSR count). The molecule has 104 valence electrons. The van der Waals surface area contributed by atoms with Gasteiger partial charge in [-0.15, -0.1) is 0 Å². The van der Waals surface area contributed by atoms with Crippen molar-refractivity contribution in [2.75, 3.05) is 25.0 Å². The number of hydrogen-bond donors (Lipinski definition) is 2. The van der Waals surface area contributed by atoms with E-state index in [2.05, 4.69) is 5.32 Å². The highest BCUT2D eigenvalue weighted by Crippen LogP contribution is 2.18. The lowest BCUT2D eigenvalue weighted by atomic mass is 9.96. The number of hydrogen-bond acceptors (Lipinski definition) is 4. The third-order valence-electron chi connectivity index (χ3n) is 3.14. The van der Waals surface area contributed by atoms with Crippen LogP contribution in [-0.2, 0) is 9.59 Å². The SMILES string of the molecule is N#Cc1cccc(NC(=O)CN2CC(CC(=O)O)C2)c1. The minimum absolute atomic E-state index is 0.141. The Kier molecular flexibility index (Phi) is 4.33. The molecule has 0 atom stereocenters. The number of likely N-dealkylation sites (tertiary alicyclic amines) is 1. The molecule has 1 fully saturated rings. The van der Waals surface area contributed by atoms with Crippen LogP contribution in [0.3, 0.4) is 0 Å². The number of carboxylic acids is 1. The van der Waals surface area contributed by atoms with Crippen LogP contribution in [-0.4, -0.2) is 41.5 Å². The van der Waals surface area contributed by atoms with E-state index < -0.39 is 5.97 Å². The molecule has 0 saturated carbocycles. The molecule has 1 aromatic carbocycles. The van der Waals surface area contributed by atoms with E-state index in [0.29, 0.717) is 24.3 Å². The molecule has 0 spiro atoms.